The predicted octanol–water partition coefficient (Wildman–Crippen LogP) is 1.36. The van der Waals surface area contributed by atoms with Crippen LogP contribution in [0.2, 0.25) is 0 Å². The molecule has 0 amide bonds. The summed E-state index contributed by atoms with van der Waals surface area (Å²) >= 11 is 0. The maximum atomic E-state index is 11.3. The van der Waals surface area contributed by atoms with E-state index < -0.39 is 11.9 Å². The first-order valence-corrected chi connectivity index (χ1v) is 5.50. The number of ether oxygens (including phenoxy) is 1. The lowest BCUT2D eigenvalue weighted by Gasteiger charge is -1.99. The van der Waals surface area contributed by atoms with Crippen LogP contribution >= 0.6 is 0 Å². The second kappa shape index (κ2) is 4.57. The Morgan fingerprint density at radius 2 is 2.24 bits per heavy atom. The van der Waals surface area contributed by atoms with E-state index in [1.807, 2.05) is 0 Å². The first-order valence-electron chi connectivity index (χ1n) is 5.50. The molecule has 1 saturated carbocycles. The van der Waals surface area contributed by atoms with E-state index in [0.717, 1.165) is 12.8 Å². The number of hydrogen-bond donors (Lipinski definition) is 1. The molecule has 0 aliphatic heterocycles. The number of esters is 1. The van der Waals surface area contributed by atoms with E-state index in [1.165, 1.54) is 0 Å². The molecule has 0 atom stereocenters. The van der Waals surface area contributed by atoms with Gasteiger partial charge in [0.25, 0.3) is 0 Å². The number of carbonyl (C=O) groups is 2. The van der Waals surface area contributed by atoms with Gasteiger partial charge in [0.1, 0.15) is 17.7 Å². The summed E-state index contributed by atoms with van der Waals surface area (Å²) in [7, 11) is 0. The summed E-state index contributed by atoms with van der Waals surface area (Å²) in [6.07, 6.45) is 1.66. The molecular formula is C11H13NO5. The van der Waals surface area contributed by atoms with Gasteiger partial charge in [-0.2, -0.15) is 0 Å². The summed E-state index contributed by atoms with van der Waals surface area (Å²) in [5.41, 5.74) is 0.484. The molecule has 2 rings (SSSR count). The fourth-order valence-corrected chi connectivity index (χ4v) is 1.67. The van der Waals surface area contributed by atoms with E-state index in [4.69, 9.17) is 14.4 Å². The molecule has 1 aliphatic carbocycles. The fourth-order valence-electron chi connectivity index (χ4n) is 1.67. The number of hydrogen-bond acceptors (Lipinski definition) is 5. The minimum Gasteiger partial charge on any atom is -0.477 e. The highest BCUT2D eigenvalue weighted by Gasteiger charge is 2.34. The lowest BCUT2D eigenvalue weighted by atomic mass is 10.1. The number of rotatable bonds is 5. The Labute approximate surface area is 97.5 Å². The Hall–Kier alpha value is -1.85. The molecule has 1 heterocycles. The molecule has 0 saturated heterocycles. The van der Waals surface area contributed by atoms with Crippen molar-refractivity contribution in [2.75, 3.05) is 6.61 Å². The number of aromatic nitrogens is 1. The molecule has 0 radical (unpaired) electrons. The van der Waals surface area contributed by atoms with E-state index in [9.17, 15) is 9.59 Å². The predicted molar refractivity (Wildman–Crippen MR) is 55.8 cm³/mol. The molecule has 0 spiro atoms. The van der Waals surface area contributed by atoms with Crippen LogP contribution < -0.4 is 0 Å². The van der Waals surface area contributed by atoms with Gasteiger partial charge in [-0.15, -0.1) is 0 Å². The average molecular weight is 239 g/mol. The van der Waals surface area contributed by atoms with Crippen molar-refractivity contribution in [3.8, 4) is 0 Å². The number of carbonyl (C=O) groups excluding carboxylic acids is 1. The Balaban J connectivity index is 2.21. The Kier molecular flexibility index (Phi) is 3.12. The summed E-state index contributed by atoms with van der Waals surface area (Å²) in [4.78, 5) is 22.4. The quantitative estimate of drug-likeness (QED) is 0.780. The van der Waals surface area contributed by atoms with Crippen molar-refractivity contribution in [3.05, 3.63) is 17.0 Å². The minimum atomic E-state index is -1.10. The van der Waals surface area contributed by atoms with E-state index in [0.29, 0.717) is 5.69 Å². The smallest absolute Gasteiger partial charge is 0.341 e. The van der Waals surface area contributed by atoms with Crippen molar-refractivity contribution in [2.45, 2.75) is 32.1 Å². The fraction of sp³-hybridized carbons (Fsp3) is 0.545. The van der Waals surface area contributed by atoms with Crippen LogP contribution in [0.15, 0.2) is 4.52 Å². The van der Waals surface area contributed by atoms with Crippen molar-refractivity contribution in [1.82, 2.24) is 5.16 Å². The highest BCUT2D eigenvalue weighted by molar-refractivity contribution is 5.91. The monoisotopic (exact) mass is 239 g/mol. The Bertz CT molecular complexity index is 447. The molecule has 1 aromatic heterocycles. The van der Waals surface area contributed by atoms with Crippen LogP contribution in [0, 0.1) is 0 Å². The summed E-state index contributed by atoms with van der Waals surface area (Å²) in [6, 6.07) is 0. The third-order valence-electron chi connectivity index (χ3n) is 2.58. The Morgan fingerprint density at radius 3 is 2.76 bits per heavy atom. The number of nitrogens with zero attached hydrogens (tertiary/aromatic N) is 1. The topological polar surface area (TPSA) is 89.6 Å². The van der Waals surface area contributed by atoms with Crippen molar-refractivity contribution < 1.29 is 24.0 Å². The SMILES string of the molecule is CCOC(=O)Cc1onc(C2CC2)c1C(=O)O. The van der Waals surface area contributed by atoms with E-state index in [1.54, 1.807) is 6.92 Å². The van der Waals surface area contributed by atoms with E-state index >= 15 is 0 Å². The van der Waals surface area contributed by atoms with Crippen LogP contribution in [0.4, 0.5) is 0 Å². The van der Waals surface area contributed by atoms with Gasteiger partial charge < -0.3 is 14.4 Å². The minimum absolute atomic E-state index is 0.0283. The van der Waals surface area contributed by atoms with Crippen LogP contribution in [-0.4, -0.2) is 28.8 Å². The summed E-state index contributed by atoms with van der Waals surface area (Å²) < 4.78 is 9.69. The summed E-state index contributed by atoms with van der Waals surface area (Å²) in [5, 5.41) is 12.9. The van der Waals surface area contributed by atoms with E-state index in [-0.39, 0.29) is 30.3 Å². The molecule has 17 heavy (non-hydrogen) atoms. The largest absolute Gasteiger partial charge is 0.477 e. The lowest BCUT2D eigenvalue weighted by Crippen LogP contribution is -2.10. The molecule has 1 aromatic rings. The number of carboxylic acid groups (broad SMARTS) is 1. The highest BCUT2D eigenvalue weighted by Crippen LogP contribution is 2.41. The zero-order chi connectivity index (χ0) is 12.4. The zero-order valence-electron chi connectivity index (χ0n) is 9.43. The highest BCUT2D eigenvalue weighted by atomic mass is 16.5. The van der Waals surface area contributed by atoms with E-state index in [2.05, 4.69) is 5.16 Å². The van der Waals surface area contributed by atoms with Gasteiger partial charge >= 0.3 is 11.9 Å². The van der Waals surface area contributed by atoms with Crippen LogP contribution in [0.3, 0.4) is 0 Å². The van der Waals surface area contributed by atoms with Crippen molar-refractivity contribution in [1.29, 1.82) is 0 Å². The molecule has 0 aromatic carbocycles. The molecule has 1 fully saturated rings. The van der Waals surface area contributed by atoms with Crippen molar-refractivity contribution >= 4 is 11.9 Å². The molecule has 92 valence electrons. The molecule has 0 unspecified atom stereocenters. The third kappa shape index (κ3) is 2.46. The molecule has 0 bridgehead atoms. The normalized spacial score (nSPS) is 14.6. The Morgan fingerprint density at radius 1 is 1.53 bits per heavy atom. The van der Waals surface area contributed by atoms with Gasteiger partial charge in [-0.25, -0.2) is 4.79 Å². The van der Waals surface area contributed by atoms with Crippen LogP contribution in [0.5, 0.6) is 0 Å². The maximum absolute atomic E-state index is 11.3. The number of aromatic carboxylic acids is 1. The van der Waals surface area contributed by atoms with Crippen molar-refractivity contribution in [3.63, 3.8) is 0 Å². The maximum Gasteiger partial charge on any atom is 0.341 e. The van der Waals surface area contributed by atoms with Gasteiger partial charge in [0.05, 0.1) is 6.61 Å². The molecule has 6 heteroatoms. The number of carboxylic acids is 1. The standard InChI is InChI=1S/C11H13NO5/c1-2-16-8(13)5-7-9(11(14)15)10(12-17-7)6-3-4-6/h6H,2-5H2,1H3,(H,14,15). The van der Waals surface area contributed by atoms with Gasteiger partial charge in [-0.3, -0.25) is 4.79 Å². The third-order valence-corrected chi connectivity index (χ3v) is 2.58. The molecule has 1 N–H and O–H groups in total. The van der Waals surface area contributed by atoms with Crippen molar-refractivity contribution in [2.24, 2.45) is 0 Å². The van der Waals surface area contributed by atoms with Gasteiger partial charge in [0.15, 0.2) is 5.76 Å². The summed E-state index contributed by atoms with van der Waals surface area (Å²) in [6.45, 7) is 1.94. The molecular weight excluding hydrogens is 226 g/mol. The second-order valence-corrected chi connectivity index (χ2v) is 3.93. The van der Waals surface area contributed by atoms with Crippen LogP contribution in [0.1, 0.15) is 47.5 Å². The van der Waals surface area contributed by atoms with Gasteiger partial charge in [-0.05, 0) is 19.8 Å². The van der Waals surface area contributed by atoms with Crippen LogP contribution in [-0.2, 0) is 16.0 Å². The first-order chi connectivity index (χ1) is 8.13. The molecule has 6 nitrogen and oxygen atoms in total. The first kappa shape index (κ1) is 11.6. The average Bonchev–Trinajstić information content (AvgIpc) is 3.01. The van der Waals surface area contributed by atoms with Gasteiger partial charge in [0.2, 0.25) is 0 Å². The lowest BCUT2D eigenvalue weighted by molar-refractivity contribution is -0.142. The summed E-state index contributed by atoms with van der Waals surface area (Å²) in [5.74, 6) is -1.36. The van der Waals surface area contributed by atoms with Crippen LogP contribution in [0.25, 0.3) is 0 Å². The second-order valence-electron chi connectivity index (χ2n) is 3.93. The van der Waals surface area contributed by atoms with Gasteiger partial charge in [-0.1, -0.05) is 5.16 Å². The molecule has 1 aliphatic rings. The zero-order valence-corrected chi connectivity index (χ0v) is 9.43. The van der Waals surface area contributed by atoms with Gasteiger partial charge in [0, 0.05) is 5.92 Å².